The molecule has 0 saturated carbocycles. The minimum atomic E-state index is 0.351. The van der Waals surface area contributed by atoms with Gasteiger partial charge in [-0.1, -0.05) is 40.5 Å². The van der Waals surface area contributed by atoms with Gasteiger partial charge in [0, 0.05) is 6.61 Å². The summed E-state index contributed by atoms with van der Waals surface area (Å²) in [5, 5.41) is 8.67. The molecule has 1 atom stereocenters. The van der Waals surface area contributed by atoms with Gasteiger partial charge in [-0.25, -0.2) is 0 Å². The molecule has 1 unspecified atom stereocenters. The molecule has 0 aromatic carbocycles. The van der Waals surface area contributed by atoms with E-state index in [1.54, 1.807) is 0 Å². The van der Waals surface area contributed by atoms with E-state index in [-0.39, 0.29) is 0 Å². The monoisotopic (exact) mass is 186 g/mol. The predicted molar refractivity (Wildman–Crippen MR) is 58.8 cm³/mol. The number of hydrogen-bond acceptors (Lipinski definition) is 1. The summed E-state index contributed by atoms with van der Waals surface area (Å²) in [7, 11) is 0. The highest BCUT2D eigenvalue weighted by atomic mass is 16.2. The summed E-state index contributed by atoms with van der Waals surface area (Å²) < 4.78 is 0. The summed E-state index contributed by atoms with van der Waals surface area (Å²) in [6.07, 6.45) is 6.11. The second-order valence-corrected chi connectivity index (χ2v) is 5.42. The van der Waals surface area contributed by atoms with Gasteiger partial charge in [0.2, 0.25) is 0 Å². The van der Waals surface area contributed by atoms with Crippen molar-refractivity contribution in [3.63, 3.8) is 0 Å². The summed E-state index contributed by atoms with van der Waals surface area (Å²) >= 11 is 0. The van der Waals surface area contributed by atoms with Crippen LogP contribution in [0.3, 0.4) is 0 Å². The lowest BCUT2D eigenvalue weighted by atomic mass is 9.87. The van der Waals surface area contributed by atoms with Crippen LogP contribution < -0.4 is 0 Å². The third kappa shape index (κ3) is 9.88. The summed E-state index contributed by atoms with van der Waals surface area (Å²) in [5.41, 5.74) is 0.483. The van der Waals surface area contributed by atoms with Crippen LogP contribution in [0.25, 0.3) is 0 Å². The molecule has 0 radical (unpaired) electrons. The summed E-state index contributed by atoms with van der Waals surface area (Å²) in [6.45, 7) is 9.53. The lowest BCUT2D eigenvalue weighted by molar-refractivity contribution is 0.267. The predicted octanol–water partition coefficient (Wildman–Crippen LogP) is 3.61. The summed E-state index contributed by atoms with van der Waals surface area (Å²) in [4.78, 5) is 0. The van der Waals surface area contributed by atoms with Crippen molar-refractivity contribution in [3.8, 4) is 0 Å². The molecule has 0 rings (SSSR count). The Morgan fingerprint density at radius 2 is 1.62 bits per heavy atom. The van der Waals surface area contributed by atoms with Crippen molar-refractivity contribution >= 4 is 0 Å². The third-order valence-corrected chi connectivity index (χ3v) is 2.48. The second-order valence-electron chi connectivity index (χ2n) is 5.42. The van der Waals surface area contributed by atoms with Crippen LogP contribution in [0.4, 0.5) is 0 Å². The fraction of sp³-hybridized carbons (Fsp3) is 1.00. The van der Waals surface area contributed by atoms with Crippen molar-refractivity contribution in [2.75, 3.05) is 6.61 Å². The summed E-state index contributed by atoms with van der Waals surface area (Å²) in [5.74, 6) is 0.787. The molecule has 0 fully saturated rings. The Bertz CT molecular complexity index is 113. The summed E-state index contributed by atoms with van der Waals surface area (Å²) in [6, 6.07) is 0. The molecule has 80 valence electrons. The van der Waals surface area contributed by atoms with Crippen molar-refractivity contribution in [1.82, 2.24) is 0 Å². The molecule has 1 nitrogen and oxygen atoms in total. The molecule has 0 aliphatic carbocycles. The van der Waals surface area contributed by atoms with Gasteiger partial charge in [0.1, 0.15) is 0 Å². The van der Waals surface area contributed by atoms with Gasteiger partial charge in [-0.2, -0.15) is 0 Å². The van der Waals surface area contributed by atoms with Gasteiger partial charge in [-0.15, -0.1) is 0 Å². The Morgan fingerprint density at radius 1 is 1.08 bits per heavy atom. The Balaban J connectivity index is 3.31. The largest absolute Gasteiger partial charge is 0.396 e. The van der Waals surface area contributed by atoms with Crippen LogP contribution in [0.15, 0.2) is 0 Å². The lowest BCUT2D eigenvalue weighted by Crippen LogP contribution is -2.06. The van der Waals surface area contributed by atoms with E-state index >= 15 is 0 Å². The first kappa shape index (κ1) is 13.0. The fourth-order valence-electron chi connectivity index (χ4n) is 1.56. The normalized spacial score (nSPS) is 14.5. The van der Waals surface area contributed by atoms with Crippen molar-refractivity contribution in [3.05, 3.63) is 0 Å². The van der Waals surface area contributed by atoms with E-state index in [1.807, 2.05) is 0 Å². The highest BCUT2D eigenvalue weighted by Gasteiger charge is 2.10. The standard InChI is InChI=1S/C12H26O/c1-11(8-6-10-13)7-5-9-12(2,3)4/h11,13H,5-10H2,1-4H3. The Hall–Kier alpha value is -0.0400. The van der Waals surface area contributed by atoms with Gasteiger partial charge >= 0.3 is 0 Å². The van der Waals surface area contributed by atoms with E-state index in [1.165, 1.54) is 25.7 Å². The van der Waals surface area contributed by atoms with Crippen molar-refractivity contribution in [2.45, 2.75) is 59.8 Å². The van der Waals surface area contributed by atoms with Crippen molar-refractivity contribution < 1.29 is 5.11 Å². The SMILES string of the molecule is CC(CCCO)CCCC(C)(C)C. The van der Waals surface area contributed by atoms with Gasteiger partial charge in [0.05, 0.1) is 0 Å². The minimum Gasteiger partial charge on any atom is -0.396 e. The molecule has 0 amide bonds. The number of aliphatic hydroxyl groups excluding tert-OH is 1. The van der Waals surface area contributed by atoms with E-state index in [0.29, 0.717) is 12.0 Å². The highest BCUT2D eigenvalue weighted by molar-refractivity contribution is 4.63. The first-order chi connectivity index (χ1) is 5.95. The lowest BCUT2D eigenvalue weighted by Gasteiger charge is -2.19. The molecular formula is C12H26O. The maximum absolute atomic E-state index is 8.67. The molecule has 0 aromatic heterocycles. The minimum absolute atomic E-state index is 0.351. The first-order valence-corrected chi connectivity index (χ1v) is 5.56. The second kappa shape index (κ2) is 6.42. The van der Waals surface area contributed by atoms with E-state index in [9.17, 15) is 0 Å². The quantitative estimate of drug-likeness (QED) is 0.672. The topological polar surface area (TPSA) is 20.2 Å². The van der Waals surface area contributed by atoms with Crippen LogP contribution in [0, 0.1) is 11.3 Å². The molecular weight excluding hydrogens is 160 g/mol. The number of rotatable bonds is 6. The molecule has 0 aromatic rings. The van der Waals surface area contributed by atoms with Crippen molar-refractivity contribution in [1.29, 1.82) is 0 Å². The van der Waals surface area contributed by atoms with Crippen LogP contribution in [-0.2, 0) is 0 Å². The van der Waals surface area contributed by atoms with E-state index in [0.717, 1.165) is 12.3 Å². The van der Waals surface area contributed by atoms with Gasteiger partial charge in [-0.05, 0) is 30.6 Å². The zero-order valence-electron chi connectivity index (χ0n) is 9.77. The van der Waals surface area contributed by atoms with Crippen LogP contribution in [-0.4, -0.2) is 11.7 Å². The maximum atomic E-state index is 8.67. The van der Waals surface area contributed by atoms with E-state index in [4.69, 9.17) is 5.11 Å². The van der Waals surface area contributed by atoms with Gasteiger partial charge in [0.25, 0.3) is 0 Å². The first-order valence-electron chi connectivity index (χ1n) is 5.56. The molecule has 13 heavy (non-hydrogen) atoms. The number of hydrogen-bond donors (Lipinski definition) is 1. The van der Waals surface area contributed by atoms with Gasteiger partial charge in [0.15, 0.2) is 0 Å². The molecule has 1 heteroatoms. The molecule has 0 saturated heterocycles. The maximum Gasteiger partial charge on any atom is 0.0431 e. The smallest absolute Gasteiger partial charge is 0.0431 e. The molecule has 1 N–H and O–H groups in total. The van der Waals surface area contributed by atoms with E-state index in [2.05, 4.69) is 27.7 Å². The number of aliphatic hydroxyl groups is 1. The van der Waals surface area contributed by atoms with Gasteiger partial charge in [-0.3, -0.25) is 0 Å². The average molecular weight is 186 g/mol. The van der Waals surface area contributed by atoms with E-state index < -0.39 is 0 Å². The van der Waals surface area contributed by atoms with Crippen LogP contribution in [0.5, 0.6) is 0 Å². The average Bonchev–Trinajstić information content (AvgIpc) is 1.98. The van der Waals surface area contributed by atoms with Crippen LogP contribution >= 0.6 is 0 Å². The fourth-order valence-corrected chi connectivity index (χ4v) is 1.56. The highest BCUT2D eigenvalue weighted by Crippen LogP contribution is 2.24. The zero-order chi connectivity index (χ0) is 10.3. The molecule has 0 spiro atoms. The Morgan fingerprint density at radius 3 is 2.08 bits per heavy atom. The van der Waals surface area contributed by atoms with Gasteiger partial charge < -0.3 is 5.11 Å². The van der Waals surface area contributed by atoms with Crippen LogP contribution in [0.2, 0.25) is 0 Å². The molecule has 0 bridgehead atoms. The zero-order valence-corrected chi connectivity index (χ0v) is 9.77. The Labute approximate surface area is 83.5 Å². The molecule has 0 heterocycles. The molecule has 0 aliphatic heterocycles. The Kier molecular flexibility index (Phi) is 6.40. The third-order valence-electron chi connectivity index (χ3n) is 2.48. The van der Waals surface area contributed by atoms with Crippen molar-refractivity contribution in [2.24, 2.45) is 11.3 Å². The van der Waals surface area contributed by atoms with Crippen LogP contribution in [0.1, 0.15) is 59.8 Å². The molecule has 0 aliphatic rings.